The van der Waals surface area contributed by atoms with Crippen molar-refractivity contribution in [3.8, 4) is 0 Å². The van der Waals surface area contributed by atoms with Gasteiger partial charge in [0, 0.05) is 54.3 Å². The van der Waals surface area contributed by atoms with Crippen LogP contribution < -0.4 is 0 Å². The number of amides is 1. The van der Waals surface area contributed by atoms with E-state index in [9.17, 15) is 4.79 Å². The molecule has 2 atom stereocenters. The van der Waals surface area contributed by atoms with Crippen LogP contribution in [-0.2, 0) is 32.7 Å². The number of carbonyl (C=O) groups is 1. The fraction of sp³-hybridized carbons (Fsp3) is 0.792. The highest BCUT2D eigenvalue weighted by molar-refractivity contribution is 7.12. The van der Waals surface area contributed by atoms with Crippen LogP contribution in [0.3, 0.4) is 0 Å². The maximum atomic E-state index is 12.3. The molecule has 1 spiro atoms. The number of ether oxygens (including phenoxy) is 2. The Balaban J connectivity index is 1.29. The maximum absolute atomic E-state index is 12.3. The summed E-state index contributed by atoms with van der Waals surface area (Å²) in [4.78, 5) is 19.9. The molecule has 2 saturated heterocycles. The smallest absolute Gasteiger partial charge is 0.248 e. The zero-order chi connectivity index (χ0) is 21.5. The molecule has 0 unspecified atom stereocenters. The fourth-order valence-corrected chi connectivity index (χ4v) is 6.31. The number of hydrogen-bond donors (Lipinski definition) is 0. The predicted molar refractivity (Wildman–Crippen MR) is 121 cm³/mol. The standard InChI is InChI=1S/C24H38N2O3S/c1-6-19-11-20-21(30-19)7-10-28-24(20)8-9-25(17(2)12-24)13-18-14-26(15-18)22(27)16-29-23(3,4)5/h11,17-18H,6-10,12-16H2,1-5H3/t17-,24+/m0/s1. The van der Waals surface area contributed by atoms with E-state index >= 15 is 0 Å². The van der Waals surface area contributed by atoms with Crippen LogP contribution in [0.2, 0.25) is 0 Å². The Morgan fingerprint density at radius 1 is 1.37 bits per heavy atom. The molecule has 0 N–H and O–H groups in total. The van der Waals surface area contributed by atoms with E-state index in [4.69, 9.17) is 9.47 Å². The van der Waals surface area contributed by atoms with Gasteiger partial charge in [0.2, 0.25) is 5.91 Å². The van der Waals surface area contributed by atoms with E-state index in [-0.39, 0.29) is 23.7 Å². The van der Waals surface area contributed by atoms with Crippen LogP contribution in [0.15, 0.2) is 6.07 Å². The molecule has 3 aliphatic rings. The number of aryl methyl sites for hydroxylation is 1. The Bertz CT molecular complexity index is 765. The summed E-state index contributed by atoms with van der Waals surface area (Å²) < 4.78 is 12.1. The molecule has 2 fully saturated rings. The quantitative estimate of drug-likeness (QED) is 0.706. The molecule has 0 aliphatic carbocycles. The SMILES string of the molecule is CCc1cc2c(s1)CCO[C@@]21CCN(CC2CN(C(=O)COC(C)(C)C)C2)[C@@H](C)C1. The molecule has 0 bridgehead atoms. The van der Waals surface area contributed by atoms with Gasteiger partial charge in [0.25, 0.3) is 0 Å². The highest BCUT2D eigenvalue weighted by Crippen LogP contribution is 2.46. The second kappa shape index (κ2) is 8.53. The third-order valence-corrected chi connectivity index (χ3v) is 8.23. The number of rotatable bonds is 5. The molecule has 3 aliphatic heterocycles. The first-order chi connectivity index (χ1) is 14.2. The minimum atomic E-state index is -0.263. The van der Waals surface area contributed by atoms with Crippen LogP contribution in [0, 0.1) is 5.92 Å². The third kappa shape index (κ3) is 4.62. The van der Waals surface area contributed by atoms with Crippen molar-refractivity contribution in [3.63, 3.8) is 0 Å². The van der Waals surface area contributed by atoms with Gasteiger partial charge in [0.05, 0.1) is 17.8 Å². The van der Waals surface area contributed by atoms with Crippen LogP contribution in [-0.4, -0.2) is 66.7 Å². The van der Waals surface area contributed by atoms with Crippen LogP contribution in [0.1, 0.15) is 62.8 Å². The largest absolute Gasteiger partial charge is 0.370 e. The number of piperidine rings is 1. The van der Waals surface area contributed by atoms with Crippen molar-refractivity contribution in [2.75, 3.05) is 39.4 Å². The first-order valence-electron chi connectivity index (χ1n) is 11.6. The lowest BCUT2D eigenvalue weighted by Crippen LogP contribution is -2.58. The number of thiophene rings is 1. The van der Waals surface area contributed by atoms with Crippen molar-refractivity contribution in [1.82, 2.24) is 9.80 Å². The van der Waals surface area contributed by atoms with Crippen molar-refractivity contribution in [3.05, 3.63) is 21.4 Å². The minimum absolute atomic E-state index is 0.0701. The Hall–Kier alpha value is -0.950. The summed E-state index contributed by atoms with van der Waals surface area (Å²) in [6.45, 7) is 15.5. The van der Waals surface area contributed by atoms with Gasteiger partial charge in [0.15, 0.2) is 0 Å². The maximum Gasteiger partial charge on any atom is 0.248 e. The molecule has 0 aromatic carbocycles. The lowest BCUT2D eigenvalue weighted by molar-refractivity contribution is -0.149. The van der Waals surface area contributed by atoms with Crippen molar-refractivity contribution in [2.45, 2.75) is 77.5 Å². The molecule has 1 amide bonds. The van der Waals surface area contributed by atoms with Gasteiger partial charge in [-0.05, 0) is 58.6 Å². The molecule has 5 nitrogen and oxygen atoms in total. The Morgan fingerprint density at radius 3 is 2.80 bits per heavy atom. The number of nitrogens with zero attached hydrogens (tertiary/aromatic N) is 2. The van der Waals surface area contributed by atoms with Gasteiger partial charge in [-0.3, -0.25) is 4.79 Å². The highest BCUT2D eigenvalue weighted by Gasteiger charge is 2.45. The van der Waals surface area contributed by atoms with E-state index in [2.05, 4.69) is 24.8 Å². The Kier molecular flexibility index (Phi) is 6.33. The van der Waals surface area contributed by atoms with E-state index in [0.717, 1.165) is 58.5 Å². The van der Waals surface area contributed by atoms with Crippen molar-refractivity contribution >= 4 is 17.2 Å². The topological polar surface area (TPSA) is 42.0 Å². The summed E-state index contributed by atoms with van der Waals surface area (Å²) in [6, 6.07) is 2.93. The molecular formula is C24H38N2O3S. The molecule has 4 rings (SSSR count). The molecule has 0 saturated carbocycles. The summed E-state index contributed by atoms with van der Waals surface area (Å²) in [5, 5.41) is 0. The Labute approximate surface area is 185 Å². The average molecular weight is 435 g/mol. The number of carbonyl (C=O) groups excluding carboxylic acids is 1. The second-order valence-electron chi connectivity index (χ2n) is 10.4. The normalized spacial score (nSPS) is 27.9. The summed E-state index contributed by atoms with van der Waals surface area (Å²) in [5.74, 6) is 0.704. The van der Waals surface area contributed by atoms with Gasteiger partial charge in [-0.2, -0.15) is 0 Å². The monoisotopic (exact) mass is 434 g/mol. The van der Waals surface area contributed by atoms with Crippen LogP contribution in [0.25, 0.3) is 0 Å². The summed E-state index contributed by atoms with van der Waals surface area (Å²) in [6.07, 6.45) is 4.35. The van der Waals surface area contributed by atoms with Gasteiger partial charge < -0.3 is 19.3 Å². The third-order valence-electron chi connectivity index (χ3n) is 6.89. The van der Waals surface area contributed by atoms with Gasteiger partial charge in [0.1, 0.15) is 6.61 Å². The lowest BCUT2D eigenvalue weighted by Gasteiger charge is -2.49. The molecule has 0 radical (unpaired) electrons. The number of hydrogen-bond acceptors (Lipinski definition) is 5. The van der Waals surface area contributed by atoms with Crippen molar-refractivity contribution < 1.29 is 14.3 Å². The highest BCUT2D eigenvalue weighted by atomic mass is 32.1. The van der Waals surface area contributed by atoms with Crippen LogP contribution in [0.5, 0.6) is 0 Å². The van der Waals surface area contributed by atoms with E-state index in [1.165, 1.54) is 10.4 Å². The number of likely N-dealkylation sites (tertiary alicyclic amines) is 2. The van der Waals surface area contributed by atoms with E-state index in [0.29, 0.717) is 12.0 Å². The first kappa shape index (κ1) is 22.3. The van der Waals surface area contributed by atoms with Gasteiger partial charge >= 0.3 is 0 Å². The zero-order valence-electron chi connectivity index (χ0n) is 19.3. The molecule has 4 heterocycles. The summed E-state index contributed by atoms with van der Waals surface area (Å²) in [7, 11) is 0. The Morgan fingerprint density at radius 2 is 2.13 bits per heavy atom. The van der Waals surface area contributed by atoms with E-state index < -0.39 is 0 Å². The molecule has 168 valence electrons. The summed E-state index contributed by atoms with van der Waals surface area (Å²) in [5.41, 5.74) is 1.15. The van der Waals surface area contributed by atoms with Gasteiger partial charge in [-0.15, -0.1) is 11.3 Å². The molecule has 1 aromatic heterocycles. The summed E-state index contributed by atoms with van der Waals surface area (Å²) >= 11 is 2.00. The van der Waals surface area contributed by atoms with Crippen molar-refractivity contribution in [2.24, 2.45) is 5.92 Å². The average Bonchev–Trinajstić information content (AvgIpc) is 3.08. The zero-order valence-corrected chi connectivity index (χ0v) is 20.1. The minimum Gasteiger partial charge on any atom is -0.370 e. The van der Waals surface area contributed by atoms with Crippen molar-refractivity contribution in [1.29, 1.82) is 0 Å². The van der Waals surface area contributed by atoms with Crippen LogP contribution in [0.4, 0.5) is 0 Å². The van der Waals surface area contributed by atoms with Gasteiger partial charge in [-0.1, -0.05) is 6.92 Å². The fourth-order valence-electron chi connectivity index (χ4n) is 5.14. The first-order valence-corrected chi connectivity index (χ1v) is 12.4. The second-order valence-corrected chi connectivity index (χ2v) is 11.6. The predicted octanol–water partition coefficient (Wildman–Crippen LogP) is 3.84. The van der Waals surface area contributed by atoms with E-state index in [1.54, 1.807) is 4.88 Å². The van der Waals surface area contributed by atoms with Gasteiger partial charge in [-0.25, -0.2) is 0 Å². The molecular weight excluding hydrogens is 396 g/mol. The number of fused-ring (bicyclic) bond motifs is 2. The van der Waals surface area contributed by atoms with Crippen LogP contribution >= 0.6 is 11.3 Å². The van der Waals surface area contributed by atoms with E-state index in [1.807, 2.05) is 37.0 Å². The lowest BCUT2D eigenvalue weighted by atomic mass is 9.79. The molecule has 30 heavy (non-hydrogen) atoms. The molecule has 6 heteroatoms. The molecule has 1 aromatic rings.